The minimum absolute atomic E-state index is 0.152. The van der Waals surface area contributed by atoms with Crippen molar-refractivity contribution < 1.29 is 12.8 Å². The molecular weight excluding hydrogens is 423 g/mol. The Kier molecular flexibility index (Phi) is 6.10. The summed E-state index contributed by atoms with van der Waals surface area (Å²) in [6.07, 6.45) is 0.954. The highest BCUT2D eigenvalue weighted by Crippen LogP contribution is 2.27. The molecule has 1 N–H and O–H groups in total. The van der Waals surface area contributed by atoms with Crippen LogP contribution in [0.1, 0.15) is 43.0 Å². The van der Waals surface area contributed by atoms with Gasteiger partial charge in [-0.15, -0.1) is 0 Å². The SMILES string of the molecule is CC(C)(C)c1ccc(CCN2Cc3ccc(S(=O)(=O)Nc4ccc(F)cc4)cc3C2)cc1. The Morgan fingerprint density at radius 2 is 1.56 bits per heavy atom. The number of fused-ring (bicyclic) bond motifs is 1. The van der Waals surface area contributed by atoms with Gasteiger partial charge in [-0.05, 0) is 70.5 Å². The summed E-state index contributed by atoms with van der Waals surface area (Å²) in [5.41, 5.74) is 5.33. The minimum atomic E-state index is -3.73. The van der Waals surface area contributed by atoms with Crippen LogP contribution in [0.5, 0.6) is 0 Å². The molecule has 0 radical (unpaired) electrons. The van der Waals surface area contributed by atoms with E-state index in [1.54, 1.807) is 12.1 Å². The third-order valence-corrected chi connectivity index (χ3v) is 7.29. The van der Waals surface area contributed by atoms with Crippen molar-refractivity contribution in [2.24, 2.45) is 0 Å². The van der Waals surface area contributed by atoms with Crippen molar-refractivity contribution in [3.63, 3.8) is 0 Å². The predicted octanol–water partition coefficient (Wildman–Crippen LogP) is 5.48. The second kappa shape index (κ2) is 8.68. The van der Waals surface area contributed by atoms with Crippen molar-refractivity contribution in [2.75, 3.05) is 11.3 Å². The van der Waals surface area contributed by atoms with Crippen molar-refractivity contribution in [1.29, 1.82) is 0 Å². The standard InChI is InChI=1S/C26H29FN2O2S/c1-26(2,3)22-7-4-19(5-8-22)14-15-29-17-20-6-13-25(16-21(20)18-29)32(30,31)28-24-11-9-23(27)10-12-24/h4-13,16,28H,14-15,17-18H2,1-3H3. The lowest BCUT2D eigenvalue weighted by atomic mass is 9.86. The lowest BCUT2D eigenvalue weighted by Crippen LogP contribution is -2.19. The summed E-state index contributed by atoms with van der Waals surface area (Å²) in [5.74, 6) is -0.407. The lowest BCUT2D eigenvalue weighted by Gasteiger charge is -2.19. The summed E-state index contributed by atoms with van der Waals surface area (Å²) in [5, 5.41) is 0. The third-order valence-electron chi connectivity index (χ3n) is 5.91. The van der Waals surface area contributed by atoms with Crippen LogP contribution >= 0.6 is 0 Å². The average Bonchev–Trinajstić information content (AvgIpc) is 3.16. The Hall–Kier alpha value is -2.70. The van der Waals surface area contributed by atoms with Crippen LogP contribution in [-0.4, -0.2) is 19.9 Å². The van der Waals surface area contributed by atoms with Crippen molar-refractivity contribution in [3.8, 4) is 0 Å². The molecule has 0 spiro atoms. The molecule has 32 heavy (non-hydrogen) atoms. The highest BCUT2D eigenvalue weighted by molar-refractivity contribution is 7.92. The van der Waals surface area contributed by atoms with Crippen LogP contribution in [0.3, 0.4) is 0 Å². The third kappa shape index (κ3) is 5.19. The fourth-order valence-corrected chi connectivity index (χ4v) is 5.07. The number of nitrogens with one attached hydrogen (secondary N) is 1. The summed E-state index contributed by atoms with van der Waals surface area (Å²) in [7, 11) is -3.73. The maximum Gasteiger partial charge on any atom is 0.261 e. The average molecular weight is 453 g/mol. The highest BCUT2D eigenvalue weighted by Gasteiger charge is 2.22. The zero-order chi connectivity index (χ0) is 22.9. The molecule has 1 aliphatic heterocycles. The van der Waals surface area contributed by atoms with Gasteiger partial charge in [-0.2, -0.15) is 0 Å². The first-order valence-corrected chi connectivity index (χ1v) is 12.3. The van der Waals surface area contributed by atoms with Crippen LogP contribution in [0.4, 0.5) is 10.1 Å². The Bertz CT molecular complexity index is 1200. The Labute approximate surface area is 190 Å². The smallest absolute Gasteiger partial charge is 0.261 e. The van der Waals surface area contributed by atoms with Crippen molar-refractivity contribution in [3.05, 3.63) is 94.8 Å². The van der Waals surface area contributed by atoms with Crippen LogP contribution in [-0.2, 0) is 34.9 Å². The van der Waals surface area contributed by atoms with Crippen molar-refractivity contribution in [1.82, 2.24) is 4.90 Å². The monoisotopic (exact) mass is 452 g/mol. The highest BCUT2D eigenvalue weighted by atomic mass is 32.2. The molecule has 3 aromatic carbocycles. The fraction of sp³-hybridized carbons (Fsp3) is 0.308. The first-order chi connectivity index (χ1) is 15.1. The maximum atomic E-state index is 13.1. The molecule has 168 valence electrons. The summed E-state index contributed by atoms with van der Waals surface area (Å²) in [4.78, 5) is 2.56. The van der Waals surface area contributed by atoms with E-state index in [4.69, 9.17) is 0 Å². The van der Waals surface area contributed by atoms with Crippen LogP contribution in [0.25, 0.3) is 0 Å². The van der Waals surface area contributed by atoms with E-state index in [-0.39, 0.29) is 10.3 Å². The Morgan fingerprint density at radius 1 is 0.906 bits per heavy atom. The lowest BCUT2D eigenvalue weighted by molar-refractivity contribution is 0.288. The van der Waals surface area contributed by atoms with Crippen LogP contribution in [0.2, 0.25) is 0 Å². The van der Waals surface area contributed by atoms with Gasteiger partial charge in [-0.1, -0.05) is 51.1 Å². The number of rotatable bonds is 6. The van der Waals surface area contributed by atoms with Gasteiger partial charge in [0.05, 0.1) is 4.90 Å². The second-order valence-corrected chi connectivity index (χ2v) is 11.1. The normalized spacial score (nSPS) is 14.4. The van der Waals surface area contributed by atoms with E-state index >= 15 is 0 Å². The Balaban J connectivity index is 1.39. The topological polar surface area (TPSA) is 49.4 Å². The molecule has 0 aliphatic carbocycles. The molecule has 0 fully saturated rings. The molecule has 3 aromatic rings. The van der Waals surface area contributed by atoms with Gasteiger partial charge >= 0.3 is 0 Å². The molecular formula is C26H29FN2O2S. The number of hydrogen-bond acceptors (Lipinski definition) is 3. The van der Waals surface area contributed by atoms with Gasteiger partial charge in [0.25, 0.3) is 10.0 Å². The molecule has 0 bridgehead atoms. The number of halogens is 1. The van der Waals surface area contributed by atoms with E-state index in [2.05, 4.69) is 54.7 Å². The molecule has 0 saturated carbocycles. The van der Waals surface area contributed by atoms with E-state index in [0.717, 1.165) is 37.2 Å². The second-order valence-electron chi connectivity index (χ2n) is 9.45. The molecule has 4 nitrogen and oxygen atoms in total. The molecule has 6 heteroatoms. The fourth-order valence-electron chi connectivity index (χ4n) is 3.96. The van der Waals surface area contributed by atoms with Gasteiger partial charge in [-0.25, -0.2) is 12.8 Å². The number of hydrogen-bond donors (Lipinski definition) is 1. The van der Waals surface area contributed by atoms with Gasteiger partial charge in [-0.3, -0.25) is 9.62 Å². The summed E-state index contributed by atoms with van der Waals surface area (Å²) < 4.78 is 41.1. The quantitative estimate of drug-likeness (QED) is 0.539. The molecule has 1 aliphatic rings. The molecule has 4 rings (SSSR count). The maximum absolute atomic E-state index is 13.1. The van der Waals surface area contributed by atoms with E-state index in [1.807, 2.05) is 6.07 Å². The van der Waals surface area contributed by atoms with Gasteiger partial charge in [0.1, 0.15) is 5.82 Å². The summed E-state index contributed by atoms with van der Waals surface area (Å²) in [6.45, 7) is 9.11. The van der Waals surface area contributed by atoms with Crippen LogP contribution in [0, 0.1) is 5.82 Å². The minimum Gasteiger partial charge on any atom is -0.294 e. The Morgan fingerprint density at radius 3 is 2.22 bits per heavy atom. The molecule has 0 saturated heterocycles. The zero-order valence-corrected chi connectivity index (χ0v) is 19.5. The molecule has 1 heterocycles. The molecule has 0 amide bonds. The van der Waals surface area contributed by atoms with Gasteiger partial charge in [0.15, 0.2) is 0 Å². The van der Waals surface area contributed by atoms with Crippen molar-refractivity contribution >= 4 is 15.7 Å². The summed E-state index contributed by atoms with van der Waals surface area (Å²) in [6, 6.07) is 19.4. The summed E-state index contributed by atoms with van der Waals surface area (Å²) >= 11 is 0. The van der Waals surface area contributed by atoms with Gasteiger partial charge in [0.2, 0.25) is 0 Å². The van der Waals surface area contributed by atoms with Crippen molar-refractivity contribution in [2.45, 2.75) is 50.6 Å². The van der Waals surface area contributed by atoms with Gasteiger partial charge in [0, 0.05) is 25.3 Å². The number of anilines is 1. The largest absolute Gasteiger partial charge is 0.294 e. The van der Waals surface area contributed by atoms with E-state index < -0.39 is 15.8 Å². The number of sulfonamides is 1. The molecule has 0 aromatic heterocycles. The first kappa shape index (κ1) is 22.5. The van der Waals surface area contributed by atoms with Crippen LogP contribution in [0.15, 0.2) is 71.6 Å². The van der Waals surface area contributed by atoms with E-state index in [1.165, 1.54) is 35.4 Å². The van der Waals surface area contributed by atoms with Gasteiger partial charge < -0.3 is 0 Å². The van der Waals surface area contributed by atoms with E-state index in [0.29, 0.717) is 5.69 Å². The van der Waals surface area contributed by atoms with Crippen LogP contribution < -0.4 is 4.72 Å². The first-order valence-electron chi connectivity index (χ1n) is 10.8. The zero-order valence-electron chi connectivity index (χ0n) is 18.7. The molecule has 0 atom stereocenters. The molecule has 0 unspecified atom stereocenters. The number of nitrogens with zero attached hydrogens (tertiary/aromatic N) is 1. The predicted molar refractivity (Wildman–Crippen MR) is 127 cm³/mol. The van der Waals surface area contributed by atoms with E-state index in [9.17, 15) is 12.8 Å². The number of benzene rings is 3.